The van der Waals surface area contributed by atoms with Crippen LogP contribution < -0.4 is 0 Å². The average Bonchev–Trinajstić information content (AvgIpc) is 3.02. The van der Waals surface area contributed by atoms with Crippen LogP contribution in [0.3, 0.4) is 0 Å². The maximum atomic E-state index is 10.0. The molecule has 0 aromatic carbocycles. The van der Waals surface area contributed by atoms with Crippen molar-refractivity contribution in [1.82, 2.24) is 0 Å². The first-order valence-corrected chi connectivity index (χ1v) is 5.26. The Hall–Kier alpha value is -1.22. The Morgan fingerprint density at radius 2 is 1.69 bits per heavy atom. The van der Waals surface area contributed by atoms with E-state index in [0.29, 0.717) is 11.7 Å². The Morgan fingerprint density at radius 1 is 1.38 bits per heavy atom. The minimum atomic E-state index is 0.0185. The predicted molar refractivity (Wildman–Crippen MR) is 66.4 cm³/mol. The van der Waals surface area contributed by atoms with Crippen molar-refractivity contribution in [1.29, 1.82) is 0 Å². The van der Waals surface area contributed by atoms with Crippen LogP contribution in [0.5, 0.6) is 0 Å². The van der Waals surface area contributed by atoms with E-state index < -0.39 is 0 Å². The highest BCUT2D eigenvalue weighted by Gasteiger charge is 2.18. The molecule has 0 bridgehead atoms. The summed E-state index contributed by atoms with van der Waals surface area (Å²) >= 11 is 0. The second kappa shape index (κ2) is 10.3. The smallest absolute Gasteiger partial charge is 0.154 e. The van der Waals surface area contributed by atoms with Crippen LogP contribution in [0.15, 0.2) is 24.8 Å². The van der Waals surface area contributed by atoms with Gasteiger partial charge in [-0.15, -0.1) is 0 Å². The maximum absolute atomic E-state index is 10.0. The fourth-order valence-electron chi connectivity index (χ4n) is 0.304. The monoisotopic (exact) mass is 226 g/mol. The van der Waals surface area contributed by atoms with Crippen molar-refractivity contribution < 1.29 is 14.3 Å². The lowest BCUT2D eigenvalue weighted by atomic mass is 10.3. The average molecular weight is 226 g/mol. The summed E-state index contributed by atoms with van der Waals surface area (Å²) < 4.78 is 4.86. The van der Waals surface area contributed by atoms with E-state index >= 15 is 0 Å². The van der Waals surface area contributed by atoms with Crippen molar-refractivity contribution in [2.45, 2.75) is 40.2 Å². The molecule has 0 N–H and O–H groups in total. The number of allylic oxidation sites excluding steroid dienone is 2. The molecule has 1 heterocycles. The zero-order chi connectivity index (χ0) is 13.1. The van der Waals surface area contributed by atoms with Gasteiger partial charge < -0.3 is 4.74 Å². The van der Waals surface area contributed by atoms with Crippen molar-refractivity contribution in [2.24, 2.45) is 0 Å². The molecule has 0 saturated carbocycles. The molecule has 0 aromatic heterocycles. The third-order valence-corrected chi connectivity index (χ3v) is 1.75. The molecular formula is C13H22O3. The minimum Gasteiger partial charge on any atom is -0.373 e. The molecule has 1 unspecified atom stereocenters. The van der Waals surface area contributed by atoms with Crippen LogP contribution in [0.1, 0.15) is 34.1 Å². The van der Waals surface area contributed by atoms with E-state index in [2.05, 4.69) is 20.1 Å². The van der Waals surface area contributed by atoms with Gasteiger partial charge >= 0.3 is 0 Å². The van der Waals surface area contributed by atoms with Crippen LogP contribution in [0, 0.1) is 0 Å². The Bertz CT molecular complexity index is 238. The van der Waals surface area contributed by atoms with Gasteiger partial charge in [-0.05, 0) is 38.8 Å². The molecule has 16 heavy (non-hydrogen) atoms. The minimum absolute atomic E-state index is 0.0185. The Labute approximate surface area is 98.2 Å². The molecule has 0 aromatic rings. The molecule has 1 aliphatic rings. The molecule has 0 spiro atoms. The third kappa shape index (κ3) is 18.5. The number of carbonyl (C=O) groups excluding carboxylic acids is 2. The lowest BCUT2D eigenvalue weighted by molar-refractivity contribution is -0.114. The summed E-state index contributed by atoms with van der Waals surface area (Å²) in [5, 5.41) is 0. The summed E-state index contributed by atoms with van der Waals surface area (Å²) in [6.45, 7) is 14.4. The van der Waals surface area contributed by atoms with Crippen molar-refractivity contribution in [3.8, 4) is 0 Å². The summed E-state index contributed by atoms with van der Waals surface area (Å²) in [5.41, 5.74) is 0.620. The van der Waals surface area contributed by atoms with Gasteiger partial charge in [0.2, 0.25) is 0 Å². The van der Waals surface area contributed by atoms with Crippen LogP contribution in [0.4, 0.5) is 0 Å². The van der Waals surface area contributed by atoms with Gasteiger partial charge in [0, 0.05) is 0 Å². The maximum Gasteiger partial charge on any atom is 0.154 e. The van der Waals surface area contributed by atoms with Gasteiger partial charge in [0.25, 0.3) is 0 Å². The molecule has 0 amide bonds. The first kappa shape index (κ1) is 17.2. The van der Waals surface area contributed by atoms with Crippen molar-refractivity contribution >= 4 is 11.6 Å². The summed E-state index contributed by atoms with van der Waals surface area (Å²) in [6.07, 6.45) is 3.11. The van der Waals surface area contributed by atoms with E-state index in [1.807, 2.05) is 0 Å². The Morgan fingerprint density at radius 3 is 1.69 bits per heavy atom. The Kier molecular flexibility index (Phi) is 11.1. The predicted octanol–water partition coefficient (Wildman–Crippen LogP) is 2.71. The number of ketones is 2. The number of hydrogen-bond donors (Lipinski definition) is 0. The molecule has 3 heteroatoms. The largest absolute Gasteiger partial charge is 0.373 e. The zero-order valence-electron chi connectivity index (χ0n) is 10.7. The Balaban J connectivity index is 0. The van der Waals surface area contributed by atoms with Gasteiger partial charge in [0.1, 0.15) is 0 Å². The van der Waals surface area contributed by atoms with E-state index in [9.17, 15) is 9.59 Å². The lowest BCUT2D eigenvalue weighted by Gasteiger charge is -1.80. The number of carbonyl (C=O) groups is 2. The third-order valence-electron chi connectivity index (χ3n) is 1.75. The first-order chi connectivity index (χ1) is 7.34. The van der Waals surface area contributed by atoms with Crippen LogP contribution in [0.2, 0.25) is 0 Å². The highest BCUT2D eigenvalue weighted by molar-refractivity contribution is 5.91. The molecule has 1 atom stereocenters. The van der Waals surface area contributed by atoms with Gasteiger partial charge in [-0.25, -0.2) is 0 Å². The topological polar surface area (TPSA) is 46.7 Å². The van der Waals surface area contributed by atoms with Gasteiger partial charge in [0.05, 0.1) is 12.7 Å². The summed E-state index contributed by atoms with van der Waals surface area (Å²) in [4.78, 5) is 19.7. The number of hydrogen-bond acceptors (Lipinski definition) is 3. The molecule has 0 radical (unpaired) electrons. The highest BCUT2D eigenvalue weighted by atomic mass is 16.6. The molecule has 1 fully saturated rings. The van der Waals surface area contributed by atoms with Gasteiger partial charge in [-0.1, -0.05) is 20.1 Å². The van der Waals surface area contributed by atoms with E-state index in [4.69, 9.17) is 4.74 Å². The fraction of sp³-hybridized carbons (Fsp3) is 0.538. The van der Waals surface area contributed by atoms with Crippen LogP contribution in [-0.4, -0.2) is 24.3 Å². The van der Waals surface area contributed by atoms with Gasteiger partial charge in [-0.2, -0.15) is 0 Å². The number of rotatable bonds is 3. The summed E-state index contributed by atoms with van der Waals surface area (Å²) in [7, 11) is 0. The standard InChI is InChI=1S/C5H8O.C4H8O.C4H6O/c1-4(2)5(3)6;1-2-4-3-5-4;1-3-4(2)5/h1H2,2-3H3;4H,2-3H2,1H3;3H,1H2,2H3. The van der Waals surface area contributed by atoms with Crippen LogP contribution in [0.25, 0.3) is 0 Å². The summed E-state index contributed by atoms with van der Waals surface area (Å²) in [5.74, 6) is 0.0833. The lowest BCUT2D eigenvalue weighted by Crippen LogP contribution is -1.86. The van der Waals surface area contributed by atoms with Crippen molar-refractivity contribution in [3.63, 3.8) is 0 Å². The second-order valence-corrected chi connectivity index (χ2v) is 3.51. The number of ether oxygens (including phenoxy) is 1. The molecule has 1 aliphatic heterocycles. The highest BCUT2D eigenvalue weighted by Crippen LogP contribution is 2.10. The molecule has 1 saturated heterocycles. The quantitative estimate of drug-likeness (QED) is 0.549. The molecule has 0 aliphatic carbocycles. The van der Waals surface area contributed by atoms with Crippen molar-refractivity contribution in [3.05, 3.63) is 24.8 Å². The second-order valence-electron chi connectivity index (χ2n) is 3.51. The molecule has 92 valence electrons. The number of Topliss-reactive ketones (excluding diaryl/α,β-unsaturated/α-hetero) is 1. The number of epoxide rings is 1. The molecular weight excluding hydrogens is 204 g/mol. The zero-order valence-corrected chi connectivity index (χ0v) is 10.7. The van der Waals surface area contributed by atoms with Crippen LogP contribution in [-0.2, 0) is 14.3 Å². The first-order valence-electron chi connectivity index (χ1n) is 5.26. The molecule has 1 rings (SSSR count). The molecule has 3 nitrogen and oxygen atoms in total. The van der Waals surface area contributed by atoms with Gasteiger partial charge in [0.15, 0.2) is 11.6 Å². The van der Waals surface area contributed by atoms with Gasteiger partial charge in [-0.3, -0.25) is 9.59 Å². The van der Waals surface area contributed by atoms with E-state index in [0.717, 1.165) is 6.61 Å². The van der Waals surface area contributed by atoms with Crippen molar-refractivity contribution in [2.75, 3.05) is 6.61 Å². The SMILES string of the molecule is C=C(C)C(C)=O.C=CC(C)=O.CCC1CO1. The van der Waals surface area contributed by atoms with E-state index in [-0.39, 0.29) is 11.6 Å². The van der Waals surface area contributed by atoms with Crippen LogP contribution >= 0.6 is 0 Å². The fourth-order valence-corrected chi connectivity index (χ4v) is 0.304. The summed E-state index contributed by atoms with van der Waals surface area (Å²) in [6, 6.07) is 0. The van der Waals surface area contributed by atoms with E-state index in [1.54, 1.807) is 6.92 Å². The normalized spacial score (nSPS) is 15.6. The van der Waals surface area contributed by atoms with E-state index in [1.165, 1.54) is 26.3 Å².